The van der Waals surface area contributed by atoms with Gasteiger partial charge in [0.2, 0.25) is 11.6 Å². The fourth-order valence-corrected chi connectivity index (χ4v) is 4.64. The van der Waals surface area contributed by atoms with Crippen molar-refractivity contribution in [2.24, 2.45) is 5.73 Å². The summed E-state index contributed by atoms with van der Waals surface area (Å²) in [5.74, 6) is -1.27. The second-order valence-electron chi connectivity index (χ2n) is 8.58. The molecular weight excluding hydrogens is 420 g/mol. The number of aliphatic hydroxyl groups is 1. The number of amides is 1. The van der Waals surface area contributed by atoms with Gasteiger partial charge in [0.15, 0.2) is 6.10 Å². The van der Waals surface area contributed by atoms with Crippen molar-refractivity contribution in [1.82, 2.24) is 9.97 Å². The molecule has 0 aliphatic carbocycles. The van der Waals surface area contributed by atoms with Crippen LogP contribution in [0.2, 0.25) is 0 Å². The minimum Gasteiger partial charge on any atom is -0.453 e. The number of rotatable bonds is 7. The van der Waals surface area contributed by atoms with Gasteiger partial charge in [0.1, 0.15) is 12.2 Å². The van der Waals surface area contributed by atoms with E-state index in [1.165, 1.54) is 18.6 Å². The maximum atomic E-state index is 13.4. The van der Waals surface area contributed by atoms with Crippen LogP contribution in [0.1, 0.15) is 29.3 Å². The smallest absolute Gasteiger partial charge is 0.348 e. The Morgan fingerprint density at radius 3 is 2.21 bits per heavy atom. The van der Waals surface area contributed by atoms with Crippen LogP contribution in [0.15, 0.2) is 79.3 Å². The van der Waals surface area contributed by atoms with Gasteiger partial charge in [-0.1, -0.05) is 60.7 Å². The topological polar surface area (TPSA) is 115 Å². The molecule has 33 heavy (non-hydrogen) atoms. The molecule has 8 nitrogen and oxygen atoms in total. The van der Waals surface area contributed by atoms with E-state index in [-0.39, 0.29) is 4.48 Å². The average molecular weight is 448 g/mol. The zero-order valence-electron chi connectivity index (χ0n) is 18.4. The van der Waals surface area contributed by atoms with Crippen LogP contribution in [0.4, 0.5) is 0 Å². The van der Waals surface area contributed by atoms with Crippen LogP contribution in [0.25, 0.3) is 0 Å². The summed E-state index contributed by atoms with van der Waals surface area (Å²) in [5.41, 5.74) is 5.10. The number of hydrogen-bond donors (Lipinski definition) is 2. The normalized spacial score (nSPS) is 21.3. The van der Waals surface area contributed by atoms with Crippen molar-refractivity contribution in [1.29, 1.82) is 0 Å². The number of nitrogens with two attached hydrogens (primary N) is 1. The number of aromatic nitrogens is 2. The van der Waals surface area contributed by atoms with Gasteiger partial charge in [0, 0.05) is 18.8 Å². The Kier molecular flexibility index (Phi) is 6.22. The standard InChI is InChI=1S/C25H26N4O4/c1-29(22(23(26)30)21-16-27-13-14-28-21)15-12-20(17-29)33-24(31)25(32,18-8-4-2-5-9-18)19-10-6-3-7-11-19/h2-11,13-14,16,20,22,32H,12,15,17H2,1H3,(H-,26,30)/p+1/t20-,22?,29?/m1/s1. The molecule has 3 aromatic rings. The molecular formula is C25H27N4O4+. The number of esters is 1. The summed E-state index contributed by atoms with van der Waals surface area (Å²) in [4.78, 5) is 34.1. The van der Waals surface area contributed by atoms with Gasteiger partial charge in [0.05, 0.1) is 19.8 Å². The Labute approximate surface area is 192 Å². The minimum atomic E-state index is -1.96. The fraction of sp³-hybridized carbons (Fsp3) is 0.280. The molecule has 2 unspecified atom stereocenters. The summed E-state index contributed by atoms with van der Waals surface area (Å²) in [7, 11) is 1.89. The largest absolute Gasteiger partial charge is 0.453 e. The van der Waals surface area contributed by atoms with Gasteiger partial charge in [-0.3, -0.25) is 14.8 Å². The second kappa shape index (κ2) is 9.09. The monoisotopic (exact) mass is 447 g/mol. The van der Waals surface area contributed by atoms with E-state index in [1.807, 2.05) is 19.2 Å². The predicted molar refractivity (Wildman–Crippen MR) is 120 cm³/mol. The molecule has 3 N–H and O–H groups in total. The number of carbonyl (C=O) groups is 2. The number of quaternary nitrogens is 1. The maximum absolute atomic E-state index is 13.4. The van der Waals surface area contributed by atoms with Gasteiger partial charge in [-0.05, 0) is 11.1 Å². The molecule has 1 aliphatic rings. The Bertz CT molecular complexity index is 1070. The zero-order valence-corrected chi connectivity index (χ0v) is 18.4. The highest BCUT2D eigenvalue weighted by Crippen LogP contribution is 2.35. The van der Waals surface area contributed by atoms with Crippen molar-refractivity contribution >= 4 is 11.9 Å². The summed E-state index contributed by atoms with van der Waals surface area (Å²) < 4.78 is 6.09. The highest BCUT2D eigenvalue weighted by Gasteiger charge is 2.49. The molecule has 0 radical (unpaired) electrons. The zero-order chi connectivity index (χ0) is 23.5. The Morgan fingerprint density at radius 2 is 1.70 bits per heavy atom. The molecule has 0 saturated carbocycles. The fourth-order valence-electron chi connectivity index (χ4n) is 4.64. The van der Waals surface area contributed by atoms with Gasteiger partial charge in [-0.15, -0.1) is 0 Å². The summed E-state index contributed by atoms with van der Waals surface area (Å²) >= 11 is 0. The van der Waals surface area contributed by atoms with Crippen molar-refractivity contribution in [2.45, 2.75) is 24.2 Å². The molecule has 1 aliphatic heterocycles. The van der Waals surface area contributed by atoms with Crippen LogP contribution >= 0.6 is 0 Å². The third-order valence-corrected chi connectivity index (χ3v) is 6.29. The van der Waals surface area contributed by atoms with E-state index in [0.717, 1.165) is 0 Å². The van der Waals surface area contributed by atoms with Gasteiger partial charge in [-0.25, -0.2) is 4.79 Å². The van der Waals surface area contributed by atoms with Crippen molar-refractivity contribution in [3.8, 4) is 0 Å². The number of hydrogen-bond acceptors (Lipinski definition) is 6. The molecule has 0 bridgehead atoms. The minimum absolute atomic E-state index is 0.237. The first-order valence-electron chi connectivity index (χ1n) is 10.8. The lowest BCUT2D eigenvalue weighted by Crippen LogP contribution is -2.51. The Balaban J connectivity index is 1.59. The first-order chi connectivity index (χ1) is 15.8. The SMILES string of the molecule is C[N+]1(C(C(N)=O)c2cnccn2)CC[C@@H](OC(=O)C(O)(c2ccccc2)c2ccccc2)C1. The highest BCUT2D eigenvalue weighted by molar-refractivity contribution is 5.85. The van der Waals surface area contributed by atoms with Crippen molar-refractivity contribution < 1.29 is 23.9 Å². The Morgan fingerprint density at radius 1 is 1.09 bits per heavy atom. The number of likely N-dealkylation sites (tertiary alicyclic amines) is 1. The summed E-state index contributed by atoms with van der Waals surface area (Å²) in [6.07, 6.45) is 4.60. The Hall–Kier alpha value is -3.62. The van der Waals surface area contributed by atoms with Crippen LogP contribution in [0.5, 0.6) is 0 Å². The van der Waals surface area contributed by atoms with Crippen LogP contribution in [0.3, 0.4) is 0 Å². The van der Waals surface area contributed by atoms with Crippen molar-refractivity contribution in [2.75, 3.05) is 20.1 Å². The lowest BCUT2D eigenvalue weighted by molar-refractivity contribution is -0.920. The number of primary amides is 1. The molecule has 1 saturated heterocycles. The predicted octanol–water partition coefficient (Wildman–Crippen LogP) is 1.70. The van der Waals surface area contributed by atoms with E-state index in [9.17, 15) is 14.7 Å². The van der Waals surface area contributed by atoms with E-state index < -0.39 is 29.6 Å². The number of carbonyl (C=O) groups excluding carboxylic acids is 2. The molecule has 3 atom stereocenters. The van der Waals surface area contributed by atoms with Gasteiger partial charge < -0.3 is 20.1 Å². The number of benzene rings is 2. The maximum Gasteiger partial charge on any atom is 0.348 e. The van der Waals surface area contributed by atoms with Crippen molar-refractivity contribution in [3.05, 3.63) is 96.1 Å². The highest BCUT2D eigenvalue weighted by atomic mass is 16.6. The van der Waals surface area contributed by atoms with E-state index in [1.54, 1.807) is 48.5 Å². The third-order valence-electron chi connectivity index (χ3n) is 6.29. The molecule has 4 rings (SSSR count). The van der Waals surface area contributed by atoms with Crippen LogP contribution in [0, 0.1) is 0 Å². The summed E-state index contributed by atoms with van der Waals surface area (Å²) in [6.45, 7) is 0.910. The van der Waals surface area contributed by atoms with Crippen LogP contribution in [-0.4, -0.2) is 57.7 Å². The van der Waals surface area contributed by atoms with E-state index in [2.05, 4.69) is 9.97 Å². The van der Waals surface area contributed by atoms with Crippen molar-refractivity contribution in [3.63, 3.8) is 0 Å². The van der Waals surface area contributed by atoms with E-state index >= 15 is 0 Å². The first-order valence-corrected chi connectivity index (χ1v) is 10.8. The quantitative estimate of drug-likeness (QED) is 0.421. The number of nitrogens with zero attached hydrogens (tertiary/aromatic N) is 3. The first kappa shape index (κ1) is 22.6. The average Bonchev–Trinajstić information content (AvgIpc) is 3.20. The molecule has 1 amide bonds. The lowest BCUT2D eigenvalue weighted by atomic mass is 9.86. The summed E-state index contributed by atoms with van der Waals surface area (Å²) in [5, 5.41) is 11.6. The molecule has 1 fully saturated rings. The molecule has 2 aromatic carbocycles. The molecule has 2 heterocycles. The lowest BCUT2D eigenvalue weighted by Gasteiger charge is -2.35. The van der Waals surface area contributed by atoms with Gasteiger partial charge in [-0.2, -0.15) is 0 Å². The van der Waals surface area contributed by atoms with Gasteiger partial charge in [0.25, 0.3) is 5.91 Å². The molecule has 0 spiro atoms. The van der Waals surface area contributed by atoms with Crippen LogP contribution < -0.4 is 5.73 Å². The molecule has 1 aromatic heterocycles. The van der Waals surface area contributed by atoms with Crippen LogP contribution in [-0.2, 0) is 19.9 Å². The third kappa shape index (κ3) is 4.35. The van der Waals surface area contributed by atoms with E-state index in [4.69, 9.17) is 10.5 Å². The molecule has 8 heteroatoms. The molecule has 170 valence electrons. The van der Waals surface area contributed by atoms with Gasteiger partial charge >= 0.3 is 5.97 Å². The number of likely N-dealkylation sites (N-methyl/N-ethyl adjacent to an activating group) is 1. The summed E-state index contributed by atoms with van der Waals surface area (Å²) in [6, 6.07) is 16.7. The second-order valence-corrected chi connectivity index (χ2v) is 8.58. The number of ether oxygens (including phenoxy) is 1. The van der Waals surface area contributed by atoms with E-state index in [0.29, 0.717) is 36.3 Å².